The Morgan fingerprint density at radius 1 is 1.31 bits per heavy atom. The molecule has 4 nitrogen and oxygen atoms in total. The van der Waals surface area contributed by atoms with Crippen LogP contribution < -0.4 is 10.3 Å². The van der Waals surface area contributed by atoms with Gasteiger partial charge in [-0.05, 0) is 61.6 Å². The molecule has 0 spiro atoms. The van der Waals surface area contributed by atoms with Gasteiger partial charge in [-0.3, -0.25) is 4.79 Å². The van der Waals surface area contributed by atoms with E-state index in [2.05, 4.69) is 55.4 Å². The number of benzene rings is 2. The van der Waals surface area contributed by atoms with Crippen molar-refractivity contribution in [3.63, 3.8) is 0 Å². The van der Waals surface area contributed by atoms with Crippen LogP contribution in [0, 0.1) is 0 Å². The first kappa shape index (κ1) is 18.5. The summed E-state index contributed by atoms with van der Waals surface area (Å²) in [5.74, 6) is 0.155. The maximum atomic E-state index is 12.1. The molecule has 1 aliphatic heterocycles. The van der Waals surface area contributed by atoms with Crippen molar-refractivity contribution < 1.29 is 4.79 Å². The van der Waals surface area contributed by atoms with Gasteiger partial charge in [0.1, 0.15) is 0 Å². The number of nitrogens with zero attached hydrogens (tertiary/aromatic N) is 2. The number of carbonyl (C=O) groups is 1. The average molecular weight is 370 g/mol. The summed E-state index contributed by atoms with van der Waals surface area (Å²) >= 11 is 6.03. The molecule has 5 heteroatoms. The van der Waals surface area contributed by atoms with E-state index in [1.54, 1.807) is 30.5 Å². The standard InChI is InChI=1S/C21H24ClN3O/c1-14-12-21(2,3)25(4)19-10-9-15(11-17(14)19)13-23-24-20(26)16-7-5-6-8-18(16)22/h5-11,13-14H,12H2,1-4H3,(H,24,26)/b23-13-/t14-/m0/s1. The number of fused-ring (bicyclic) bond motifs is 1. The Balaban J connectivity index is 1.76. The molecular formula is C21H24ClN3O. The fraction of sp³-hybridized carbons (Fsp3) is 0.333. The summed E-state index contributed by atoms with van der Waals surface area (Å²) in [6.07, 6.45) is 2.77. The van der Waals surface area contributed by atoms with Crippen LogP contribution in [0.25, 0.3) is 0 Å². The van der Waals surface area contributed by atoms with Crippen molar-refractivity contribution in [2.24, 2.45) is 5.10 Å². The van der Waals surface area contributed by atoms with Gasteiger partial charge in [-0.15, -0.1) is 0 Å². The second-order valence-corrected chi connectivity index (χ2v) is 7.88. The van der Waals surface area contributed by atoms with Crippen molar-refractivity contribution in [3.8, 4) is 0 Å². The molecule has 0 saturated heterocycles. The van der Waals surface area contributed by atoms with Crippen LogP contribution in [0.3, 0.4) is 0 Å². The van der Waals surface area contributed by atoms with Gasteiger partial charge < -0.3 is 4.90 Å². The van der Waals surface area contributed by atoms with Crippen LogP contribution in [-0.4, -0.2) is 24.7 Å². The first-order valence-electron chi connectivity index (χ1n) is 8.75. The number of hydrazone groups is 1. The highest BCUT2D eigenvalue weighted by atomic mass is 35.5. The molecule has 1 amide bonds. The summed E-state index contributed by atoms with van der Waals surface area (Å²) in [4.78, 5) is 14.5. The fourth-order valence-corrected chi connectivity index (χ4v) is 3.77. The van der Waals surface area contributed by atoms with E-state index < -0.39 is 0 Å². The predicted molar refractivity (Wildman–Crippen MR) is 108 cm³/mol. The van der Waals surface area contributed by atoms with E-state index in [-0.39, 0.29) is 11.4 Å². The number of hydrogen-bond donors (Lipinski definition) is 1. The van der Waals surface area contributed by atoms with Crippen molar-refractivity contribution in [1.82, 2.24) is 5.43 Å². The Labute approximate surface area is 159 Å². The SMILES string of the molecule is C[C@H]1CC(C)(C)N(C)c2ccc(/C=N\NC(=O)c3ccccc3Cl)cc21. The summed E-state index contributed by atoms with van der Waals surface area (Å²) in [6.45, 7) is 6.80. The summed E-state index contributed by atoms with van der Waals surface area (Å²) in [5.41, 5.74) is 6.62. The van der Waals surface area contributed by atoms with Crippen LogP contribution in [-0.2, 0) is 0 Å². The molecule has 2 aromatic rings. The number of anilines is 1. The molecule has 1 heterocycles. The smallest absolute Gasteiger partial charge is 0.272 e. The zero-order valence-electron chi connectivity index (χ0n) is 15.6. The Morgan fingerprint density at radius 3 is 2.77 bits per heavy atom. The lowest BCUT2D eigenvalue weighted by atomic mass is 9.80. The van der Waals surface area contributed by atoms with Gasteiger partial charge >= 0.3 is 0 Å². The molecule has 0 aliphatic carbocycles. The summed E-state index contributed by atoms with van der Waals surface area (Å²) in [5, 5.41) is 4.49. The third-order valence-corrected chi connectivity index (χ3v) is 5.49. The van der Waals surface area contributed by atoms with E-state index in [0.29, 0.717) is 16.5 Å². The second-order valence-electron chi connectivity index (χ2n) is 7.47. The first-order chi connectivity index (χ1) is 12.3. The second kappa shape index (κ2) is 7.12. The monoisotopic (exact) mass is 369 g/mol. The molecule has 0 aromatic heterocycles. The van der Waals surface area contributed by atoms with Crippen LogP contribution in [0.1, 0.15) is 54.6 Å². The number of halogens is 1. The van der Waals surface area contributed by atoms with Gasteiger partial charge in [0.25, 0.3) is 5.91 Å². The van der Waals surface area contributed by atoms with Gasteiger partial charge in [-0.1, -0.05) is 36.7 Å². The molecule has 0 unspecified atom stereocenters. The third kappa shape index (κ3) is 3.61. The normalized spacial score (nSPS) is 18.7. The fourth-order valence-electron chi connectivity index (χ4n) is 3.55. The Bertz CT molecular complexity index is 860. The molecule has 0 bridgehead atoms. The summed E-state index contributed by atoms with van der Waals surface area (Å²) < 4.78 is 0. The van der Waals surface area contributed by atoms with Crippen molar-refractivity contribution in [3.05, 3.63) is 64.2 Å². The lowest BCUT2D eigenvalue weighted by molar-refractivity contribution is 0.0955. The van der Waals surface area contributed by atoms with Crippen LogP contribution in [0.4, 0.5) is 5.69 Å². The van der Waals surface area contributed by atoms with E-state index in [4.69, 9.17) is 11.6 Å². The maximum absolute atomic E-state index is 12.1. The molecular weight excluding hydrogens is 346 g/mol. The van der Waals surface area contributed by atoms with Crippen LogP contribution >= 0.6 is 11.6 Å². The summed E-state index contributed by atoms with van der Waals surface area (Å²) in [7, 11) is 2.14. The Hall–Kier alpha value is -2.33. The van der Waals surface area contributed by atoms with Gasteiger partial charge in [0.05, 0.1) is 16.8 Å². The minimum absolute atomic E-state index is 0.144. The highest BCUT2D eigenvalue weighted by Gasteiger charge is 2.33. The van der Waals surface area contributed by atoms with Crippen LogP contribution in [0.2, 0.25) is 5.02 Å². The average Bonchev–Trinajstić information content (AvgIpc) is 2.60. The molecule has 1 aliphatic rings. The maximum Gasteiger partial charge on any atom is 0.272 e. The van der Waals surface area contributed by atoms with Crippen molar-refractivity contribution in [1.29, 1.82) is 0 Å². The number of hydrogen-bond acceptors (Lipinski definition) is 3. The highest BCUT2D eigenvalue weighted by molar-refractivity contribution is 6.33. The lowest BCUT2D eigenvalue weighted by Crippen LogP contribution is -2.45. The highest BCUT2D eigenvalue weighted by Crippen LogP contribution is 2.42. The van der Waals surface area contributed by atoms with Crippen molar-refractivity contribution in [2.45, 2.75) is 38.6 Å². The van der Waals surface area contributed by atoms with E-state index in [9.17, 15) is 4.79 Å². The minimum atomic E-state index is -0.320. The van der Waals surface area contributed by atoms with Crippen LogP contribution in [0.5, 0.6) is 0 Å². The molecule has 1 N–H and O–H groups in total. The largest absolute Gasteiger partial charge is 0.369 e. The quantitative estimate of drug-likeness (QED) is 0.622. The van der Waals surface area contributed by atoms with Crippen LogP contribution in [0.15, 0.2) is 47.6 Å². The molecule has 0 radical (unpaired) electrons. The predicted octanol–water partition coefficient (Wildman–Crippen LogP) is 4.83. The third-order valence-electron chi connectivity index (χ3n) is 5.16. The van der Waals surface area contributed by atoms with E-state index >= 15 is 0 Å². The van der Waals surface area contributed by atoms with Crippen molar-refractivity contribution in [2.75, 3.05) is 11.9 Å². The summed E-state index contributed by atoms with van der Waals surface area (Å²) in [6, 6.07) is 13.2. The zero-order valence-corrected chi connectivity index (χ0v) is 16.3. The van der Waals surface area contributed by atoms with Gasteiger partial charge in [0, 0.05) is 18.3 Å². The first-order valence-corrected chi connectivity index (χ1v) is 9.13. The van der Waals surface area contributed by atoms with Gasteiger partial charge in [0.15, 0.2) is 0 Å². The van der Waals surface area contributed by atoms with Crippen molar-refractivity contribution >= 4 is 29.4 Å². The molecule has 26 heavy (non-hydrogen) atoms. The van der Waals surface area contributed by atoms with E-state index in [0.717, 1.165) is 12.0 Å². The molecule has 0 saturated carbocycles. The molecule has 136 valence electrons. The number of rotatable bonds is 3. The topological polar surface area (TPSA) is 44.7 Å². The number of amides is 1. The van der Waals surface area contributed by atoms with Gasteiger partial charge in [0.2, 0.25) is 0 Å². The molecule has 0 fully saturated rings. The van der Waals surface area contributed by atoms with Gasteiger partial charge in [-0.2, -0.15) is 5.10 Å². The zero-order chi connectivity index (χ0) is 18.9. The molecule has 2 aromatic carbocycles. The van der Waals surface area contributed by atoms with Gasteiger partial charge in [-0.25, -0.2) is 5.43 Å². The van der Waals surface area contributed by atoms with E-state index in [1.807, 2.05) is 6.07 Å². The van der Waals surface area contributed by atoms with E-state index in [1.165, 1.54) is 11.3 Å². The Kier molecular flexibility index (Phi) is 5.05. The molecule has 1 atom stereocenters. The minimum Gasteiger partial charge on any atom is -0.369 e. The molecule has 3 rings (SSSR count). The number of carbonyl (C=O) groups excluding carboxylic acids is 1. The number of nitrogens with one attached hydrogen (secondary N) is 1. The lowest BCUT2D eigenvalue weighted by Gasteiger charge is -2.45. The Morgan fingerprint density at radius 2 is 2.04 bits per heavy atom.